The molecular formula is C31H42N8O3. The average Bonchev–Trinajstić information content (AvgIpc) is 3.67. The quantitative estimate of drug-likeness (QED) is 0.251. The summed E-state index contributed by atoms with van der Waals surface area (Å²) < 4.78 is 13.4. The van der Waals surface area contributed by atoms with E-state index in [0.717, 1.165) is 67.1 Å². The molecule has 0 aromatic carbocycles. The number of fused-ring (bicyclic) bond motifs is 1. The van der Waals surface area contributed by atoms with Crippen molar-refractivity contribution in [2.45, 2.75) is 104 Å². The van der Waals surface area contributed by atoms with Crippen LogP contribution in [0, 0.1) is 24.7 Å². The van der Waals surface area contributed by atoms with Gasteiger partial charge in [-0.15, -0.1) is 0 Å². The number of hydrogen-bond donors (Lipinski definition) is 2. The maximum atomic E-state index is 11.8. The van der Waals surface area contributed by atoms with Crippen molar-refractivity contribution in [3.63, 3.8) is 0 Å². The summed E-state index contributed by atoms with van der Waals surface area (Å²) in [4.78, 5) is 31.9. The predicted molar refractivity (Wildman–Crippen MR) is 160 cm³/mol. The van der Waals surface area contributed by atoms with E-state index in [2.05, 4.69) is 50.9 Å². The van der Waals surface area contributed by atoms with Gasteiger partial charge in [-0.3, -0.25) is 9.51 Å². The second kappa shape index (κ2) is 11.2. The van der Waals surface area contributed by atoms with Crippen LogP contribution in [0.3, 0.4) is 0 Å². The van der Waals surface area contributed by atoms with E-state index in [-0.39, 0.29) is 17.9 Å². The summed E-state index contributed by atoms with van der Waals surface area (Å²) in [7, 11) is 0. The second-order valence-electron chi connectivity index (χ2n) is 12.9. The van der Waals surface area contributed by atoms with E-state index in [9.17, 15) is 4.79 Å². The zero-order valence-corrected chi connectivity index (χ0v) is 24.9. The molecule has 2 saturated carbocycles. The van der Waals surface area contributed by atoms with Crippen LogP contribution in [-0.4, -0.2) is 42.2 Å². The van der Waals surface area contributed by atoms with Crippen LogP contribution in [0.2, 0.25) is 0 Å². The topological polar surface area (TPSA) is 131 Å². The summed E-state index contributed by atoms with van der Waals surface area (Å²) in [5.74, 6) is 5.40. The Kier molecular flexibility index (Phi) is 7.27. The smallest absolute Gasteiger partial charge is 0.439 e. The largest absolute Gasteiger partial charge is 0.464 e. The highest BCUT2D eigenvalue weighted by Gasteiger charge is 2.34. The molecule has 0 radical (unpaired) electrons. The molecule has 3 fully saturated rings. The maximum Gasteiger partial charge on any atom is 0.439 e. The van der Waals surface area contributed by atoms with Gasteiger partial charge < -0.3 is 19.2 Å². The molecule has 2 atom stereocenters. The number of piperidine rings is 1. The first-order chi connectivity index (χ1) is 20.4. The van der Waals surface area contributed by atoms with Crippen LogP contribution < -0.4 is 16.0 Å². The molecule has 1 saturated heterocycles. The van der Waals surface area contributed by atoms with Gasteiger partial charge in [-0.25, -0.2) is 14.8 Å². The van der Waals surface area contributed by atoms with E-state index in [1.807, 2.05) is 6.92 Å². The standard InChI is InChI=1S/C31H42N8O3/c1-18-10-13-21(14-11-18)17-39-25-26(32-20(3)22-7-6-8-22)33-28(29-36-31(40)42-37-29)34-27(25)35-30(39)38-16-5-4-9-23(38)24-15-12-19(2)41-24/h12,15,18,20-23H,4-11,13-14,16-17H2,1-3H3,(H,32,33,34)(H,36,37,40)/t18-,20-,21-,23?/m1/s1. The molecule has 4 aromatic heterocycles. The van der Waals surface area contributed by atoms with Crippen LogP contribution in [0.25, 0.3) is 22.8 Å². The van der Waals surface area contributed by atoms with Crippen molar-refractivity contribution >= 4 is 22.9 Å². The van der Waals surface area contributed by atoms with Crippen molar-refractivity contribution < 1.29 is 8.94 Å². The molecule has 3 aliphatic rings. The third kappa shape index (κ3) is 5.22. The minimum Gasteiger partial charge on any atom is -0.464 e. The lowest BCUT2D eigenvalue weighted by molar-refractivity contribution is 0.265. The van der Waals surface area contributed by atoms with Gasteiger partial charge in [0.2, 0.25) is 17.6 Å². The fourth-order valence-corrected chi connectivity index (χ4v) is 7.09. The first-order valence-electron chi connectivity index (χ1n) is 15.9. The molecule has 5 heterocycles. The van der Waals surface area contributed by atoms with Crippen LogP contribution in [-0.2, 0) is 6.54 Å². The van der Waals surface area contributed by atoms with Gasteiger partial charge in [0.05, 0.1) is 6.04 Å². The van der Waals surface area contributed by atoms with Crippen molar-refractivity contribution in [3.8, 4) is 11.6 Å². The number of aryl methyl sites for hydroxylation is 1. The van der Waals surface area contributed by atoms with E-state index in [0.29, 0.717) is 23.3 Å². The van der Waals surface area contributed by atoms with Gasteiger partial charge in [-0.2, -0.15) is 4.98 Å². The molecule has 11 nitrogen and oxygen atoms in total. The lowest BCUT2D eigenvalue weighted by Gasteiger charge is -2.36. The summed E-state index contributed by atoms with van der Waals surface area (Å²) >= 11 is 0. The summed E-state index contributed by atoms with van der Waals surface area (Å²) in [6, 6.07) is 4.52. The molecule has 7 rings (SSSR count). The van der Waals surface area contributed by atoms with Gasteiger partial charge in [-0.1, -0.05) is 31.3 Å². The highest BCUT2D eigenvalue weighted by atomic mass is 16.5. The Balaban J connectivity index is 1.38. The summed E-state index contributed by atoms with van der Waals surface area (Å²) in [5, 5.41) is 7.65. The van der Waals surface area contributed by atoms with Gasteiger partial charge in [0.25, 0.3) is 0 Å². The Labute approximate surface area is 245 Å². The number of nitrogens with zero attached hydrogens (tertiary/aromatic N) is 6. The van der Waals surface area contributed by atoms with Crippen LogP contribution in [0.4, 0.5) is 11.8 Å². The average molecular weight is 575 g/mol. The number of imidazole rings is 1. The number of aromatic nitrogens is 6. The van der Waals surface area contributed by atoms with Gasteiger partial charge in [-0.05, 0) is 88.7 Å². The third-order valence-corrected chi connectivity index (χ3v) is 9.88. The summed E-state index contributed by atoms with van der Waals surface area (Å²) in [5.41, 5.74) is 1.52. The van der Waals surface area contributed by atoms with Crippen LogP contribution in [0.1, 0.15) is 95.6 Å². The summed E-state index contributed by atoms with van der Waals surface area (Å²) in [6.45, 7) is 8.37. The Hall–Kier alpha value is -3.63. The fourth-order valence-electron chi connectivity index (χ4n) is 7.09. The van der Waals surface area contributed by atoms with E-state index < -0.39 is 5.76 Å². The molecule has 4 aromatic rings. The van der Waals surface area contributed by atoms with Crippen molar-refractivity contribution in [1.29, 1.82) is 0 Å². The Bertz CT molecular complexity index is 1590. The molecule has 224 valence electrons. The number of anilines is 2. The van der Waals surface area contributed by atoms with Crippen molar-refractivity contribution in [2.75, 3.05) is 16.8 Å². The molecule has 0 amide bonds. The number of rotatable bonds is 8. The molecular weight excluding hydrogens is 532 g/mol. The van der Waals surface area contributed by atoms with Crippen molar-refractivity contribution in [3.05, 3.63) is 34.2 Å². The van der Waals surface area contributed by atoms with E-state index in [1.54, 1.807) is 0 Å². The van der Waals surface area contributed by atoms with E-state index >= 15 is 0 Å². The van der Waals surface area contributed by atoms with Gasteiger partial charge in [0.15, 0.2) is 11.5 Å². The molecule has 2 N–H and O–H groups in total. The molecule has 1 unspecified atom stereocenters. The SMILES string of the molecule is Cc1ccc(C2CCCCN2c2nc3nc(-c4noc(=O)[nH]4)nc(N[C@H](C)C4CCC4)c3n2C[C@H]2CC[C@H](C)CC2)o1. The molecule has 42 heavy (non-hydrogen) atoms. The zero-order chi connectivity index (χ0) is 28.8. The number of nitrogens with one attached hydrogen (secondary N) is 2. The molecule has 1 aliphatic heterocycles. The highest BCUT2D eigenvalue weighted by molar-refractivity contribution is 5.87. The van der Waals surface area contributed by atoms with Gasteiger partial charge in [0, 0.05) is 19.1 Å². The first-order valence-corrected chi connectivity index (χ1v) is 15.9. The Morgan fingerprint density at radius 2 is 1.88 bits per heavy atom. The maximum absolute atomic E-state index is 11.8. The number of furan rings is 1. The van der Waals surface area contributed by atoms with E-state index in [4.69, 9.17) is 23.9 Å². The number of aromatic amines is 1. The molecule has 0 spiro atoms. The molecule has 0 bridgehead atoms. The number of hydrogen-bond acceptors (Lipinski definition) is 9. The van der Waals surface area contributed by atoms with E-state index in [1.165, 1.54) is 44.9 Å². The molecule has 11 heteroatoms. The Morgan fingerprint density at radius 3 is 2.57 bits per heavy atom. The molecule has 2 aliphatic carbocycles. The minimum absolute atomic E-state index is 0.110. The fraction of sp³-hybridized carbons (Fsp3) is 0.645. The monoisotopic (exact) mass is 574 g/mol. The first kappa shape index (κ1) is 27.2. The Morgan fingerprint density at radius 1 is 1.05 bits per heavy atom. The lowest BCUT2D eigenvalue weighted by Crippen LogP contribution is -2.36. The third-order valence-electron chi connectivity index (χ3n) is 9.88. The number of H-pyrrole nitrogens is 1. The van der Waals surface area contributed by atoms with Gasteiger partial charge in [0.1, 0.15) is 17.0 Å². The second-order valence-corrected chi connectivity index (χ2v) is 12.9. The normalized spacial score (nSPS) is 24.2. The lowest BCUT2D eigenvalue weighted by atomic mass is 9.80. The summed E-state index contributed by atoms with van der Waals surface area (Å²) in [6.07, 6.45) is 11.9. The highest BCUT2D eigenvalue weighted by Crippen LogP contribution is 2.40. The minimum atomic E-state index is -0.631. The van der Waals surface area contributed by atoms with Crippen LogP contribution in [0.5, 0.6) is 0 Å². The van der Waals surface area contributed by atoms with Crippen LogP contribution >= 0.6 is 0 Å². The van der Waals surface area contributed by atoms with Crippen molar-refractivity contribution in [2.24, 2.45) is 17.8 Å². The van der Waals surface area contributed by atoms with Crippen molar-refractivity contribution in [1.82, 2.24) is 29.7 Å². The van der Waals surface area contributed by atoms with Crippen LogP contribution in [0.15, 0.2) is 25.9 Å². The predicted octanol–water partition coefficient (Wildman–Crippen LogP) is 6.23. The zero-order valence-electron chi connectivity index (χ0n) is 24.9. The van der Waals surface area contributed by atoms with Gasteiger partial charge >= 0.3 is 5.76 Å².